The van der Waals surface area contributed by atoms with Crippen molar-refractivity contribution in [3.05, 3.63) is 53.8 Å². The summed E-state index contributed by atoms with van der Waals surface area (Å²) in [5, 5.41) is 15.1. The van der Waals surface area contributed by atoms with Crippen molar-refractivity contribution in [3.63, 3.8) is 0 Å². The predicted octanol–water partition coefficient (Wildman–Crippen LogP) is 5.03. The second kappa shape index (κ2) is 19.2. The number of carbonyl (C=O) groups excluding carboxylic acids is 4. The lowest BCUT2D eigenvalue weighted by Gasteiger charge is -2.39. The highest BCUT2D eigenvalue weighted by molar-refractivity contribution is 6.02. The van der Waals surface area contributed by atoms with Gasteiger partial charge < -0.3 is 35.0 Å². The first-order chi connectivity index (χ1) is 33.7. The second-order valence-corrected chi connectivity index (χ2v) is 20.1. The molecule has 0 unspecified atom stereocenters. The monoisotopic (exact) mass is 964 g/mol. The Kier molecular flexibility index (Phi) is 12.8. The van der Waals surface area contributed by atoms with Gasteiger partial charge in [0.15, 0.2) is 35.5 Å². The van der Waals surface area contributed by atoms with Crippen LogP contribution in [0.3, 0.4) is 0 Å². The largest absolute Gasteiger partial charge is 0.439 e. The summed E-state index contributed by atoms with van der Waals surface area (Å²) in [5.74, 6) is -0.354. The van der Waals surface area contributed by atoms with Crippen molar-refractivity contribution in [1.29, 1.82) is 0 Å². The molecule has 20 nitrogen and oxygen atoms in total. The number of piperazine rings is 1. The zero-order valence-corrected chi connectivity index (χ0v) is 39.6. The van der Waals surface area contributed by atoms with Crippen molar-refractivity contribution in [1.82, 2.24) is 54.9 Å². The van der Waals surface area contributed by atoms with E-state index in [-0.39, 0.29) is 54.5 Å². The van der Waals surface area contributed by atoms with Crippen LogP contribution in [0.1, 0.15) is 95.3 Å². The fourth-order valence-corrected chi connectivity index (χ4v) is 10.2. The number of nitrogen functional groups attached to an aromatic ring is 1. The Balaban J connectivity index is 0.666. The van der Waals surface area contributed by atoms with Crippen LogP contribution >= 0.6 is 0 Å². The molecule has 1 aliphatic carbocycles. The molecule has 22 heteroatoms. The summed E-state index contributed by atoms with van der Waals surface area (Å²) in [6.07, 6.45) is 9.91. The van der Waals surface area contributed by atoms with Crippen LogP contribution in [0.25, 0.3) is 33.8 Å². The van der Waals surface area contributed by atoms with E-state index >= 15 is 8.78 Å². The van der Waals surface area contributed by atoms with E-state index in [4.69, 9.17) is 30.1 Å². The first-order valence-corrected chi connectivity index (χ1v) is 24.3. The molecule has 5 fully saturated rings. The number of nitrogens with two attached hydrogens (primary N) is 1. The fourth-order valence-electron chi connectivity index (χ4n) is 10.2. The highest BCUT2D eigenvalue weighted by atomic mass is 19.1. The van der Waals surface area contributed by atoms with E-state index in [1.807, 2.05) is 37.8 Å². The maximum atomic E-state index is 15.3. The number of hydrogen-bond donors (Lipinski definition) is 3. The van der Waals surface area contributed by atoms with Gasteiger partial charge in [-0.3, -0.25) is 24.6 Å². The van der Waals surface area contributed by atoms with E-state index in [0.717, 1.165) is 43.6 Å². The third-order valence-electron chi connectivity index (χ3n) is 14.2. The van der Waals surface area contributed by atoms with Gasteiger partial charge in [0.2, 0.25) is 11.8 Å². The first-order valence-electron chi connectivity index (χ1n) is 24.3. The molecule has 1 saturated carbocycles. The fraction of sp³-hybridized carbons (Fsp3) is 0.542. The molecule has 70 heavy (non-hydrogen) atoms. The highest BCUT2D eigenvalue weighted by Gasteiger charge is 2.37. The number of ether oxygens (including phenoxy) is 1. The smallest absolute Gasteiger partial charge is 0.410 e. The van der Waals surface area contributed by atoms with Crippen LogP contribution in [-0.4, -0.2) is 145 Å². The first kappa shape index (κ1) is 46.9. The molecule has 10 rings (SSSR count). The topological polar surface area (TPSA) is 236 Å². The number of likely N-dealkylation sites (tertiary alicyclic amines) is 2. The Morgan fingerprint density at radius 2 is 1.54 bits per heavy atom. The number of carbonyl (C=O) groups is 4. The Labute approximate surface area is 402 Å². The van der Waals surface area contributed by atoms with E-state index in [2.05, 4.69) is 30.7 Å². The normalized spacial score (nSPS) is 20.0. The number of imide groups is 1. The van der Waals surface area contributed by atoms with E-state index < -0.39 is 35.2 Å². The average molecular weight is 965 g/mol. The molecule has 0 bridgehead atoms. The third-order valence-corrected chi connectivity index (χ3v) is 14.2. The molecule has 1 atom stereocenters. The summed E-state index contributed by atoms with van der Waals surface area (Å²) in [6.45, 7) is 10.8. The molecule has 4 amide bonds. The van der Waals surface area contributed by atoms with Crippen LogP contribution in [-0.2, 0) is 24.7 Å². The predicted molar refractivity (Wildman–Crippen MR) is 252 cm³/mol. The molecule has 5 aromatic rings. The number of anilines is 3. The summed E-state index contributed by atoms with van der Waals surface area (Å²) in [7, 11) is 0. The molecule has 0 spiro atoms. The van der Waals surface area contributed by atoms with Crippen LogP contribution in [0.15, 0.2) is 35.4 Å². The van der Waals surface area contributed by atoms with Crippen molar-refractivity contribution >= 4 is 52.0 Å². The molecule has 4 aliphatic heterocycles. The molecule has 0 radical (unpaired) electrons. The number of halogens is 2. The minimum atomic E-state index is -0.745. The van der Waals surface area contributed by atoms with Gasteiger partial charge >= 0.3 is 6.09 Å². The Hall–Kier alpha value is -6.84. The van der Waals surface area contributed by atoms with Crippen molar-refractivity contribution in [2.24, 2.45) is 5.92 Å². The summed E-state index contributed by atoms with van der Waals surface area (Å²) in [6, 6.07) is 1.63. The maximum absolute atomic E-state index is 15.3. The Morgan fingerprint density at radius 3 is 2.20 bits per heavy atom. The Morgan fingerprint density at radius 1 is 0.857 bits per heavy atom. The quantitative estimate of drug-likeness (QED) is 0.147. The molecule has 4 N–H and O–H groups in total. The standard InChI is InChI=1S/C48H58F2N14O6/c1-48(2,3)64-45-38(43(51)54-26-55-45)39(58-64)40-37(42(70-59-40)29-4-5-29)44-52-22-30(23-53-44)28-10-14-63(15-11-28)47(68)69-25-36(66)61-12-8-27(9-13-61)24-60-16-18-62(19-17-60)41-32(49)20-31(21-33(41)50)56-34-6-7-35(65)57-46(34)67/h20-23,26-29,34,56H,4-19,24-25H2,1-3H3,(H2,51,54,55)(H,57,65,67)/t34-/m0/s1. The molecule has 370 valence electrons. The Bertz CT molecular complexity index is 2760. The number of benzene rings is 1. The zero-order valence-electron chi connectivity index (χ0n) is 39.6. The lowest BCUT2D eigenvalue weighted by molar-refractivity contribution is -0.136. The summed E-state index contributed by atoms with van der Waals surface area (Å²) in [4.78, 5) is 75.7. The lowest BCUT2D eigenvalue weighted by atomic mass is 9.91. The zero-order chi connectivity index (χ0) is 48.8. The number of nitrogens with one attached hydrogen (secondary N) is 2. The van der Waals surface area contributed by atoms with E-state index in [1.165, 1.54) is 18.5 Å². The minimum absolute atomic E-state index is 0.0940. The number of amides is 4. The van der Waals surface area contributed by atoms with Crippen LogP contribution in [0.4, 0.5) is 30.8 Å². The van der Waals surface area contributed by atoms with Gasteiger partial charge in [-0.15, -0.1) is 0 Å². The van der Waals surface area contributed by atoms with Crippen molar-refractivity contribution in [3.8, 4) is 22.8 Å². The van der Waals surface area contributed by atoms with Gasteiger partial charge in [0.25, 0.3) is 5.91 Å². The SMILES string of the molecule is CC(C)(C)n1nc(-c2noc(C3CC3)c2-c2ncc(C3CCN(C(=O)OCC(=O)N4CCC(CN5CCN(c6c(F)cc(N[C@H]7CCC(=O)NC7=O)cc6F)CC5)CC4)CC3)cn2)c2c(N)ncnc21. The van der Waals surface area contributed by atoms with Gasteiger partial charge in [0.1, 0.15) is 35.3 Å². The molecule has 5 aliphatic rings. The number of fused-ring (bicyclic) bond motifs is 1. The van der Waals surface area contributed by atoms with Crippen LogP contribution in [0.5, 0.6) is 0 Å². The van der Waals surface area contributed by atoms with E-state index in [1.54, 1.807) is 14.7 Å². The van der Waals surface area contributed by atoms with Gasteiger partial charge in [-0.2, -0.15) is 5.10 Å². The average Bonchev–Trinajstić information content (AvgIpc) is 3.96. The number of rotatable bonds is 11. The number of piperidine rings is 3. The van der Waals surface area contributed by atoms with E-state index in [9.17, 15) is 19.2 Å². The van der Waals surface area contributed by atoms with E-state index in [0.29, 0.717) is 111 Å². The summed E-state index contributed by atoms with van der Waals surface area (Å²) < 4.78 is 43.8. The van der Waals surface area contributed by atoms with Gasteiger partial charge in [0, 0.05) is 89.3 Å². The molecule has 4 saturated heterocycles. The van der Waals surface area contributed by atoms with Gasteiger partial charge in [0.05, 0.1) is 16.5 Å². The summed E-state index contributed by atoms with van der Waals surface area (Å²) in [5.41, 5.74) is 9.30. The molecular weight excluding hydrogens is 907 g/mol. The van der Waals surface area contributed by atoms with Gasteiger partial charge in [-0.25, -0.2) is 38.2 Å². The van der Waals surface area contributed by atoms with Crippen molar-refractivity contribution < 1.29 is 37.2 Å². The van der Waals surface area contributed by atoms with Crippen molar-refractivity contribution in [2.75, 3.05) is 81.5 Å². The van der Waals surface area contributed by atoms with Crippen molar-refractivity contribution in [2.45, 2.75) is 95.6 Å². The minimum Gasteiger partial charge on any atom is -0.439 e. The van der Waals surface area contributed by atoms with Crippen LogP contribution < -0.4 is 21.3 Å². The second-order valence-electron chi connectivity index (χ2n) is 20.1. The highest BCUT2D eigenvalue weighted by Crippen LogP contribution is 2.48. The maximum Gasteiger partial charge on any atom is 0.410 e. The lowest BCUT2D eigenvalue weighted by Crippen LogP contribution is -2.50. The third kappa shape index (κ3) is 9.69. The van der Waals surface area contributed by atoms with Gasteiger partial charge in [-0.1, -0.05) is 5.16 Å². The van der Waals surface area contributed by atoms with Crippen LogP contribution in [0, 0.1) is 17.6 Å². The molecule has 4 aromatic heterocycles. The number of hydrogen-bond acceptors (Lipinski definition) is 16. The van der Waals surface area contributed by atoms with Gasteiger partial charge in [-0.05, 0) is 95.2 Å². The van der Waals surface area contributed by atoms with Crippen LogP contribution in [0.2, 0.25) is 0 Å². The number of aromatic nitrogens is 7. The summed E-state index contributed by atoms with van der Waals surface area (Å²) >= 11 is 0. The molecule has 1 aromatic carbocycles. The molecule has 8 heterocycles. The number of nitrogens with zero attached hydrogens (tertiary/aromatic N) is 11. The molecular formula is C48H58F2N14O6.